The highest BCUT2D eigenvalue weighted by Crippen LogP contribution is 2.24. The minimum absolute atomic E-state index is 0.754. The first kappa shape index (κ1) is 14.4. The van der Waals surface area contributed by atoms with Gasteiger partial charge in [-0.2, -0.15) is 0 Å². The summed E-state index contributed by atoms with van der Waals surface area (Å²) in [6, 6.07) is 1.99. The molecule has 0 aliphatic rings. The van der Waals surface area contributed by atoms with Gasteiger partial charge in [0.15, 0.2) is 5.82 Å². The van der Waals surface area contributed by atoms with Crippen LogP contribution in [0.4, 0.5) is 5.82 Å². The molecule has 2 rings (SSSR count). The van der Waals surface area contributed by atoms with E-state index in [1.165, 1.54) is 5.56 Å². The van der Waals surface area contributed by atoms with Crippen molar-refractivity contribution in [3.05, 3.63) is 35.3 Å². The van der Waals surface area contributed by atoms with Gasteiger partial charge in [-0.25, -0.2) is 9.97 Å². The lowest BCUT2D eigenvalue weighted by atomic mass is 10.1. The molecule has 0 radical (unpaired) electrons. The van der Waals surface area contributed by atoms with Crippen LogP contribution in [0.5, 0.6) is 0 Å². The van der Waals surface area contributed by atoms with Crippen LogP contribution in [0.15, 0.2) is 18.5 Å². The fourth-order valence-corrected chi connectivity index (χ4v) is 2.23. The molecule has 0 atom stereocenters. The first-order valence-electron chi connectivity index (χ1n) is 7.19. The van der Waals surface area contributed by atoms with Gasteiger partial charge in [-0.1, -0.05) is 13.8 Å². The van der Waals surface area contributed by atoms with Crippen LogP contribution in [-0.2, 0) is 6.42 Å². The van der Waals surface area contributed by atoms with Crippen molar-refractivity contribution in [2.45, 2.75) is 40.5 Å². The second-order valence-corrected chi connectivity index (χ2v) is 4.93. The fraction of sp³-hybridized carbons (Fsp3) is 0.438. The number of rotatable bonds is 5. The Bertz CT molecular complexity index is 593. The summed E-state index contributed by atoms with van der Waals surface area (Å²) in [5.74, 6) is 1.71. The lowest BCUT2D eigenvalue weighted by Gasteiger charge is -2.14. The van der Waals surface area contributed by atoms with Gasteiger partial charge in [0, 0.05) is 35.8 Å². The number of hydrogen-bond acceptors (Lipinski definition) is 4. The molecule has 0 amide bonds. The number of pyridine rings is 1. The Morgan fingerprint density at radius 2 is 1.95 bits per heavy atom. The van der Waals surface area contributed by atoms with Crippen molar-refractivity contribution in [2.75, 3.05) is 11.9 Å². The molecule has 0 aromatic carbocycles. The molecule has 0 bridgehead atoms. The minimum Gasteiger partial charge on any atom is -0.370 e. The van der Waals surface area contributed by atoms with Crippen molar-refractivity contribution < 1.29 is 0 Å². The van der Waals surface area contributed by atoms with E-state index in [1.807, 2.05) is 19.2 Å². The monoisotopic (exact) mass is 270 g/mol. The molecule has 20 heavy (non-hydrogen) atoms. The summed E-state index contributed by atoms with van der Waals surface area (Å²) in [4.78, 5) is 13.5. The molecule has 0 aliphatic heterocycles. The van der Waals surface area contributed by atoms with Crippen molar-refractivity contribution in [3.8, 4) is 11.4 Å². The van der Waals surface area contributed by atoms with Gasteiger partial charge < -0.3 is 5.32 Å². The maximum Gasteiger partial charge on any atom is 0.163 e. The Kier molecular flexibility index (Phi) is 4.66. The number of aromatic nitrogens is 3. The van der Waals surface area contributed by atoms with Crippen molar-refractivity contribution in [1.29, 1.82) is 0 Å². The quantitative estimate of drug-likeness (QED) is 0.903. The molecule has 2 aromatic heterocycles. The van der Waals surface area contributed by atoms with E-state index >= 15 is 0 Å². The van der Waals surface area contributed by atoms with Gasteiger partial charge in [-0.3, -0.25) is 4.98 Å². The average molecular weight is 270 g/mol. The van der Waals surface area contributed by atoms with Crippen molar-refractivity contribution in [3.63, 3.8) is 0 Å². The predicted octanol–water partition coefficient (Wildman–Crippen LogP) is 3.54. The van der Waals surface area contributed by atoms with Crippen LogP contribution < -0.4 is 5.32 Å². The molecule has 4 heteroatoms. The van der Waals surface area contributed by atoms with Gasteiger partial charge >= 0.3 is 0 Å². The third-order valence-electron chi connectivity index (χ3n) is 3.39. The number of nitrogens with one attached hydrogen (secondary N) is 1. The molecule has 4 nitrogen and oxygen atoms in total. The van der Waals surface area contributed by atoms with E-state index in [4.69, 9.17) is 4.98 Å². The van der Waals surface area contributed by atoms with Crippen LogP contribution in [0.3, 0.4) is 0 Å². The van der Waals surface area contributed by atoms with Crippen molar-refractivity contribution in [1.82, 2.24) is 15.0 Å². The van der Waals surface area contributed by atoms with Crippen LogP contribution in [0.25, 0.3) is 11.4 Å². The summed E-state index contributed by atoms with van der Waals surface area (Å²) in [7, 11) is 0. The Morgan fingerprint density at radius 3 is 2.60 bits per heavy atom. The van der Waals surface area contributed by atoms with Gasteiger partial charge in [0.05, 0.1) is 0 Å². The molecular formula is C16H22N4. The lowest BCUT2D eigenvalue weighted by Crippen LogP contribution is -2.09. The summed E-state index contributed by atoms with van der Waals surface area (Å²) in [5.41, 5.74) is 4.38. The highest BCUT2D eigenvalue weighted by atomic mass is 15.0. The Morgan fingerprint density at radius 1 is 1.15 bits per heavy atom. The van der Waals surface area contributed by atoms with E-state index in [2.05, 4.69) is 36.1 Å². The number of nitrogens with zero attached hydrogens (tertiary/aromatic N) is 3. The molecule has 0 fully saturated rings. The number of hydrogen-bond donors (Lipinski definition) is 1. The topological polar surface area (TPSA) is 50.7 Å². The molecule has 2 heterocycles. The predicted molar refractivity (Wildman–Crippen MR) is 82.9 cm³/mol. The normalized spacial score (nSPS) is 10.6. The number of anilines is 1. The first-order valence-corrected chi connectivity index (χ1v) is 7.19. The SMILES string of the molecule is CCCNc1nc(-c2cnccc2C)nc(C)c1CC. The summed E-state index contributed by atoms with van der Waals surface area (Å²) >= 11 is 0. The summed E-state index contributed by atoms with van der Waals surface area (Å²) in [5, 5.41) is 3.41. The molecule has 0 saturated heterocycles. The standard InChI is InChI=1S/C16H22N4/c1-5-8-18-15-13(6-2)12(4)19-16(20-15)14-10-17-9-7-11(14)3/h7,9-10H,5-6,8H2,1-4H3,(H,18,19,20). The van der Waals surface area contributed by atoms with Crippen molar-refractivity contribution >= 4 is 5.82 Å². The third-order valence-corrected chi connectivity index (χ3v) is 3.39. The van der Waals surface area contributed by atoms with E-state index < -0.39 is 0 Å². The Labute approximate surface area is 120 Å². The van der Waals surface area contributed by atoms with Crippen LogP contribution in [0.1, 0.15) is 37.1 Å². The summed E-state index contributed by atoms with van der Waals surface area (Å²) < 4.78 is 0. The molecule has 0 spiro atoms. The van der Waals surface area contributed by atoms with Gasteiger partial charge in [0.2, 0.25) is 0 Å². The minimum atomic E-state index is 0.754. The van der Waals surface area contributed by atoms with E-state index in [0.29, 0.717) is 0 Å². The highest BCUT2D eigenvalue weighted by Gasteiger charge is 2.12. The van der Waals surface area contributed by atoms with Gasteiger partial charge in [0.25, 0.3) is 0 Å². The van der Waals surface area contributed by atoms with Crippen LogP contribution in [0, 0.1) is 13.8 Å². The van der Waals surface area contributed by atoms with Gasteiger partial charge in [-0.05, 0) is 38.3 Å². The molecule has 1 N–H and O–H groups in total. The molecular weight excluding hydrogens is 248 g/mol. The van der Waals surface area contributed by atoms with E-state index in [1.54, 1.807) is 6.20 Å². The van der Waals surface area contributed by atoms with Crippen LogP contribution in [-0.4, -0.2) is 21.5 Å². The molecule has 0 unspecified atom stereocenters. The Balaban J connectivity index is 2.50. The maximum atomic E-state index is 4.71. The van der Waals surface area contributed by atoms with Crippen molar-refractivity contribution in [2.24, 2.45) is 0 Å². The second-order valence-electron chi connectivity index (χ2n) is 4.93. The smallest absolute Gasteiger partial charge is 0.163 e. The molecule has 0 saturated carbocycles. The first-order chi connectivity index (χ1) is 9.67. The second kappa shape index (κ2) is 6.46. The zero-order chi connectivity index (χ0) is 14.5. The molecule has 106 valence electrons. The largest absolute Gasteiger partial charge is 0.370 e. The maximum absolute atomic E-state index is 4.71. The van der Waals surface area contributed by atoms with E-state index in [0.717, 1.165) is 47.8 Å². The zero-order valence-corrected chi connectivity index (χ0v) is 12.7. The molecule has 0 aliphatic carbocycles. The highest BCUT2D eigenvalue weighted by molar-refractivity contribution is 5.62. The van der Waals surface area contributed by atoms with E-state index in [-0.39, 0.29) is 0 Å². The van der Waals surface area contributed by atoms with Gasteiger partial charge in [-0.15, -0.1) is 0 Å². The third kappa shape index (κ3) is 2.95. The van der Waals surface area contributed by atoms with Crippen LogP contribution in [0.2, 0.25) is 0 Å². The molecule has 2 aromatic rings. The van der Waals surface area contributed by atoms with E-state index in [9.17, 15) is 0 Å². The Hall–Kier alpha value is -1.97. The van der Waals surface area contributed by atoms with Gasteiger partial charge in [0.1, 0.15) is 5.82 Å². The van der Waals surface area contributed by atoms with Crippen LogP contribution >= 0.6 is 0 Å². The lowest BCUT2D eigenvalue weighted by molar-refractivity contribution is 0.937. The number of aryl methyl sites for hydroxylation is 2. The fourth-order valence-electron chi connectivity index (χ4n) is 2.23. The average Bonchev–Trinajstić information content (AvgIpc) is 2.45. The zero-order valence-electron chi connectivity index (χ0n) is 12.7. The summed E-state index contributed by atoms with van der Waals surface area (Å²) in [6.45, 7) is 9.32. The summed E-state index contributed by atoms with van der Waals surface area (Å²) in [6.07, 6.45) is 5.64.